The zero-order valence-electron chi connectivity index (χ0n) is 23.4. The summed E-state index contributed by atoms with van der Waals surface area (Å²) >= 11 is 1.22. The van der Waals surface area contributed by atoms with Crippen molar-refractivity contribution >= 4 is 33.2 Å². The van der Waals surface area contributed by atoms with Crippen LogP contribution in [0.25, 0.3) is 0 Å². The number of hydrogen-bond acceptors (Lipinski definition) is 6. The molecule has 0 saturated carbocycles. The summed E-state index contributed by atoms with van der Waals surface area (Å²) in [6.45, 7) is 4.30. The van der Waals surface area contributed by atoms with Crippen LogP contribution < -0.4 is 14.8 Å². The molecule has 4 rings (SSSR count). The number of ether oxygens (including phenoxy) is 1. The van der Waals surface area contributed by atoms with E-state index in [0.717, 1.165) is 11.1 Å². The van der Waals surface area contributed by atoms with E-state index in [9.17, 15) is 22.4 Å². The summed E-state index contributed by atoms with van der Waals surface area (Å²) < 4.78 is 46.5. The molecule has 10 heteroatoms. The summed E-state index contributed by atoms with van der Waals surface area (Å²) in [5.41, 5.74) is 2.47. The van der Waals surface area contributed by atoms with Gasteiger partial charge in [-0.3, -0.25) is 9.59 Å². The largest absolute Gasteiger partial charge is 0.489 e. The highest BCUT2D eigenvalue weighted by Gasteiger charge is 2.22. The van der Waals surface area contributed by atoms with Crippen molar-refractivity contribution in [3.63, 3.8) is 0 Å². The molecule has 1 atom stereocenters. The number of thiophene rings is 1. The maximum atomic E-state index is 13.7. The van der Waals surface area contributed by atoms with Gasteiger partial charge in [0.25, 0.3) is 15.9 Å². The zero-order chi connectivity index (χ0) is 30.1. The molecule has 1 unspecified atom stereocenters. The Bertz CT molecular complexity index is 1590. The third kappa shape index (κ3) is 8.74. The molecular formula is C32H33FN2O5S2. The number of sulfonamides is 1. The van der Waals surface area contributed by atoms with E-state index in [-0.39, 0.29) is 48.0 Å². The lowest BCUT2D eigenvalue weighted by molar-refractivity contribution is -0.119. The SMILES string of the molecule is CC(C)CC(NC(=O)c1cc(COc2ccccc2)ccc1CCC(=O)NS(=O)(=O)c1ccsc1)c1ccc(F)cc1. The van der Waals surface area contributed by atoms with Gasteiger partial charge in [-0.05, 0) is 77.2 Å². The van der Waals surface area contributed by atoms with Gasteiger partial charge >= 0.3 is 0 Å². The maximum Gasteiger partial charge on any atom is 0.264 e. The second kappa shape index (κ2) is 14.2. The predicted octanol–water partition coefficient (Wildman–Crippen LogP) is 6.42. The number of amides is 2. The van der Waals surface area contributed by atoms with E-state index in [4.69, 9.17) is 4.74 Å². The third-order valence-corrected chi connectivity index (χ3v) is 8.73. The molecule has 42 heavy (non-hydrogen) atoms. The molecule has 0 aliphatic carbocycles. The molecule has 7 nitrogen and oxygen atoms in total. The Morgan fingerprint density at radius 3 is 2.38 bits per heavy atom. The summed E-state index contributed by atoms with van der Waals surface area (Å²) in [5.74, 6) is -0.453. The van der Waals surface area contributed by atoms with Crippen molar-refractivity contribution in [1.82, 2.24) is 10.0 Å². The van der Waals surface area contributed by atoms with Gasteiger partial charge in [-0.15, -0.1) is 0 Å². The van der Waals surface area contributed by atoms with E-state index >= 15 is 0 Å². The molecule has 1 heterocycles. The maximum absolute atomic E-state index is 13.7. The minimum absolute atomic E-state index is 0.0284. The smallest absolute Gasteiger partial charge is 0.264 e. The molecular weight excluding hydrogens is 575 g/mol. The zero-order valence-corrected chi connectivity index (χ0v) is 25.0. The average Bonchev–Trinajstić information content (AvgIpc) is 3.52. The van der Waals surface area contributed by atoms with Crippen LogP contribution >= 0.6 is 11.3 Å². The second-order valence-corrected chi connectivity index (χ2v) is 12.8. The molecule has 0 radical (unpaired) electrons. The molecule has 0 saturated heterocycles. The molecule has 2 amide bonds. The second-order valence-electron chi connectivity index (χ2n) is 10.3. The first-order chi connectivity index (χ1) is 20.1. The number of nitrogens with one attached hydrogen (secondary N) is 2. The van der Waals surface area contributed by atoms with E-state index in [1.807, 2.05) is 50.2 Å². The summed E-state index contributed by atoms with van der Waals surface area (Å²) in [4.78, 5) is 26.4. The summed E-state index contributed by atoms with van der Waals surface area (Å²) in [6, 6.07) is 21.7. The first-order valence-electron chi connectivity index (χ1n) is 13.5. The number of carbonyl (C=O) groups excluding carboxylic acids is 2. The molecule has 0 bridgehead atoms. The lowest BCUT2D eigenvalue weighted by atomic mass is 9.95. The lowest BCUT2D eigenvalue weighted by Crippen LogP contribution is -2.31. The molecule has 0 spiro atoms. The van der Waals surface area contributed by atoms with Crippen LogP contribution in [0.5, 0.6) is 5.75 Å². The van der Waals surface area contributed by atoms with Gasteiger partial charge in [-0.2, -0.15) is 11.3 Å². The van der Waals surface area contributed by atoms with Crippen molar-refractivity contribution in [3.05, 3.63) is 118 Å². The first-order valence-corrected chi connectivity index (χ1v) is 16.0. The van der Waals surface area contributed by atoms with Crippen LogP contribution in [0.4, 0.5) is 4.39 Å². The highest BCUT2D eigenvalue weighted by atomic mass is 32.2. The van der Waals surface area contributed by atoms with Crippen molar-refractivity contribution < 1.29 is 27.1 Å². The highest BCUT2D eigenvalue weighted by Crippen LogP contribution is 2.24. The fraction of sp³-hybridized carbons (Fsp3) is 0.250. The normalized spacial score (nSPS) is 12.1. The number of hydrogen-bond donors (Lipinski definition) is 2. The Morgan fingerprint density at radius 1 is 0.976 bits per heavy atom. The topological polar surface area (TPSA) is 102 Å². The van der Waals surface area contributed by atoms with Gasteiger partial charge in [0, 0.05) is 17.4 Å². The van der Waals surface area contributed by atoms with Crippen molar-refractivity contribution in [2.45, 2.75) is 50.7 Å². The van der Waals surface area contributed by atoms with Gasteiger partial charge in [0.15, 0.2) is 0 Å². The molecule has 2 N–H and O–H groups in total. The van der Waals surface area contributed by atoms with Crippen molar-refractivity contribution in [1.29, 1.82) is 0 Å². The van der Waals surface area contributed by atoms with Crippen LogP contribution in [0.1, 0.15) is 59.8 Å². The lowest BCUT2D eigenvalue weighted by Gasteiger charge is -2.22. The van der Waals surface area contributed by atoms with Crippen molar-refractivity contribution in [2.24, 2.45) is 5.92 Å². The van der Waals surface area contributed by atoms with Crippen LogP contribution in [-0.4, -0.2) is 20.2 Å². The minimum atomic E-state index is -3.96. The van der Waals surface area contributed by atoms with E-state index in [0.29, 0.717) is 23.3 Å². The Balaban J connectivity index is 1.55. The van der Waals surface area contributed by atoms with Crippen LogP contribution in [0.3, 0.4) is 0 Å². The molecule has 1 aromatic heterocycles. The number of para-hydroxylation sites is 1. The summed E-state index contributed by atoms with van der Waals surface area (Å²) in [7, 11) is -3.96. The molecule has 0 aliphatic rings. The molecule has 0 aliphatic heterocycles. The van der Waals surface area contributed by atoms with E-state index in [1.54, 1.807) is 29.6 Å². The van der Waals surface area contributed by atoms with Gasteiger partial charge in [0.2, 0.25) is 5.91 Å². The number of carbonyl (C=O) groups is 2. The van der Waals surface area contributed by atoms with Gasteiger partial charge < -0.3 is 10.1 Å². The van der Waals surface area contributed by atoms with E-state index < -0.39 is 15.9 Å². The van der Waals surface area contributed by atoms with Gasteiger partial charge in [-0.25, -0.2) is 17.5 Å². The number of rotatable bonds is 13. The molecule has 4 aromatic rings. The average molecular weight is 609 g/mol. The van der Waals surface area contributed by atoms with E-state index in [2.05, 4.69) is 10.0 Å². The van der Waals surface area contributed by atoms with Crippen molar-refractivity contribution in [2.75, 3.05) is 0 Å². The van der Waals surface area contributed by atoms with Gasteiger partial charge in [0.05, 0.1) is 10.9 Å². The van der Waals surface area contributed by atoms with Crippen LogP contribution in [0.15, 0.2) is 94.5 Å². The third-order valence-electron chi connectivity index (χ3n) is 6.53. The Morgan fingerprint density at radius 2 is 1.71 bits per heavy atom. The molecule has 3 aromatic carbocycles. The predicted molar refractivity (Wildman–Crippen MR) is 161 cm³/mol. The van der Waals surface area contributed by atoms with E-state index in [1.165, 1.54) is 34.9 Å². The van der Waals surface area contributed by atoms with Gasteiger partial charge in [-0.1, -0.05) is 56.3 Å². The highest BCUT2D eigenvalue weighted by molar-refractivity contribution is 7.90. The van der Waals surface area contributed by atoms with Crippen LogP contribution in [0.2, 0.25) is 0 Å². The Labute approximate surface area is 249 Å². The summed E-state index contributed by atoms with van der Waals surface area (Å²) in [6.07, 6.45) is 0.627. The van der Waals surface area contributed by atoms with Crippen molar-refractivity contribution in [3.8, 4) is 5.75 Å². The van der Waals surface area contributed by atoms with Gasteiger partial charge in [0.1, 0.15) is 18.2 Å². The quantitative estimate of drug-likeness (QED) is 0.182. The fourth-order valence-corrected chi connectivity index (χ4v) is 6.46. The summed E-state index contributed by atoms with van der Waals surface area (Å²) in [5, 5.41) is 6.15. The fourth-order valence-electron chi connectivity index (χ4n) is 4.42. The minimum Gasteiger partial charge on any atom is -0.489 e. The number of benzene rings is 3. The number of halogens is 1. The molecule has 220 valence electrons. The first kappa shape index (κ1) is 30.9. The van der Waals surface area contributed by atoms with Crippen LogP contribution in [-0.2, 0) is 27.8 Å². The standard InChI is InChI=1S/C32H33FN2O5S2/c1-22(2)18-30(25-10-13-26(33)14-11-25)34-32(37)29-19-23(20-40-27-6-4-3-5-7-27)8-9-24(29)12-15-31(36)35-42(38,39)28-16-17-41-21-28/h3-11,13-14,16-17,19,21-22,30H,12,15,18,20H2,1-2H3,(H,34,37)(H,35,36). The molecule has 0 fully saturated rings. The monoisotopic (exact) mass is 608 g/mol. The van der Waals surface area contributed by atoms with Crippen LogP contribution in [0, 0.1) is 11.7 Å². The Kier molecular flexibility index (Phi) is 10.5. The number of aryl methyl sites for hydroxylation is 1. The Hall–Kier alpha value is -4.02.